The van der Waals surface area contributed by atoms with Gasteiger partial charge in [-0.05, 0) is 42.0 Å². The highest BCUT2D eigenvalue weighted by atomic mass is 19.1. The highest BCUT2D eigenvalue weighted by Gasteiger charge is 2.18. The summed E-state index contributed by atoms with van der Waals surface area (Å²) in [5.41, 5.74) is 2.20. The number of hydrogen-bond acceptors (Lipinski definition) is 1. The molecule has 0 aliphatic carbocycles. The molecule has 0 heterocycles. The van der Waals surface area contributed by atoms with E-state index in [2.05, 4.69) is 6.58 Å². The fraction of sp³-hybridized carbons (Fsp3) is 0. The van der Waals surface area contributed by atoms with Crippen molar-refractivity contribution in [2.24, 2.45) is 0 Å². The third kappa shape index (κ3) is 2.99. The molecule has 0 saturated carbocycles. The standard InChI is InChI=1S/C20H15F2N/c1-2-15-11-13-16(14-12-15)23(19-9-5-3-7-17(19)21)20-10-6-4-8-18(20)22/h2-14H,1H2. The Hall–Kier alpha value is -2.94. The molecule has 0 atom stereocenters. The van der Waals surface area contributed by atoms with Crippen LogP contribution in [0.25, 0.3) is 6.08 Å². The van der Waals surface area contributed by atoms with Gasteiger partial charge in [0.2, 0.25) is 0 Å². The molecule has 0 unspecified atom stereocenters. The zero-order valence-corrected chi connectivity index (χ0v) is 12.4. The molecule has 3 aromatic rings. The van der Waals surface area contributed by atoms with Gasteiger partial charge in [0, 0.05) is 5.69 Å². The Morgan fingerprint density at radius 1 is 0.696 bits per heavy atom. The molecule has 0 aliphatic rings. The Morgan fingerprint density at radius 3 is 1.61 bits per heavy atom. The van der Waals surface area contributed by atoms with E-state index in [0.29, 0.717) is 17.1 Å². The van der Waals surface area contributed by atoms with Gasteiger partial charge in [-0.1, -0.05) is 49.1 Å². The van der Waals surface area contributed by atoms with Gasteiger partial charge in [-0.3, -0.25) is 0 Å². The average molecular weight is 307 g/mol. The van der Waals surface area contributed by atoms with Crippen molar-refractivity contribution in [1.29, 1.82) is 0 Å². The first-order valence-electron chi connectivity index (χ1n) is 7.22. The summed E-state index contributed by atoms with van der Waals surface area (Å²) in [7, 11) is 0. The molecule has 3 heteroatoms. The van der Waals surface area contributed by atoms with Crippen LogP contribution in [0.5, 0.6) is 0 Å². The largest absolute Gasteiger partial charge is 0.305 e. The maximum Gasteiger partial charge on any atom is 0.147 e. The second kappa shape index (κ2) is 6.44. The summed E-state index contributed by atoms with van der Waals surface area (Å²) >= 11 is 0. The topological polar surface area (TPSA) is 3.24 Å². The lowest BCUT2D eigenvalue weighted by molar-refractivity contribution is 0.619. The fourth-order valence-electron chi connectivity index (χ4n) is 2.43. The van der Waals surface area contributed by atoms with Crippen LogP contribution in [0, 0.1) is 11.6 Å². The summed E-state index contributed by atoms with van der Waals surface area (Å²) < 4.78 is 28.6. The molecular formula is C20H15F2N. The highest BCUT2D eigenvalue weighted by Crippen LogP contribution is 2.37. The highest BCUT2D eigenvalue weighted by molar-refractivity contribution is 5.77. The number of para-hydroxylation sites is 2. The molecule has 0 fully saturated rings. The van der Waals surface area contributed by atoms with Crippen LogP contribution in [-0.2, 0) is 0 Å². The Kier molecular flexibility index (Phi) is 4.20. The summed E-state index contributed by atoms with van der Waals surface area (Å²) in [4.78, 5) is 1.57. The van der Waals surface area contributed by atoms with Gasteiger partial charge in [0.05, 0.1) is 11.4 Å². The number of anilines is 3. The Morgan fingerprint density at radius 2 is 1.17 bits per heavy atom. The first-order valence-corrected chi connectivity index (χ1v) is 7.22. The van der Waals surface area contributed by atoms with Crippen molar-refractivity contribution in [2.75, 3.05) is 4.90 Å². The number of benzene rings is 3. The second-order valence-corrected chi connectivity index (χ2v) is 5.03. The van der Waals surface area contributed by atoms with E-state index >= 15 is 0 Å². The molecule has 0 N–H and O–H groups in total. The smallest absolute Gasteiger partial charge is 0.147 e. The van der Waals surface area contributed by atoms with Gasteiger partial charge < -0.3 is 4.90 Å². The predicted molar refractivity (Wildman–Crippen MR) is 91.1 cm³/mol. The fourth-order valence-corrected chi connectivity index (χ4v) is 2.43. The molecule has 0 amide bonds. The van der Waals surface area contributed by atoms with Crippen molar-refractivity contribution < 1.29 is 8.78 Å². The normalized spacial score (nSPS) is 10.3. The lowest BCUT2D eigenvalue weighted by Crippen LogP contribution is -2.13. The zero-order valence-electron chi connectivity index (χ0n) is 12.4. The van der Waals surface area contributed by atoms with Gasteiger partial charge in [0.15, 0.2) is 0 Å². The van der Waals surface area contributed by atoms with Crippen LogP contribution in [-0.4, -0.2) is 0 Å². The summed E-state index contributed by atoms with van der Waals surface area (Å²) in [5.74, 6) is -0.827. The number of rotatable bonds is 4. The van der Waals surface area contributed by atoms with Crippen LogP contribution in [0.4, 0.5) is 25.8 Å². The van der Waals surface area contributed by atoms with Crippen LogP contribution >= 0.6 is 0 Å². The summed E-state index contributed by atoms with van der Waals surface area (Å²) in [5, 5.41) is 0. The maximum absolute atomic E-state index is 14.3. The van der Waals surface area contributed by atoms with Gasteiger partial charge in [-0.15, -0.1) is 0 Å². The van der Waals surface area contributed by atoms with E-state index in [4.69, 9.17) is 0 Å². The molecule has 114 valence electrons. The number of halogens is 2. The molecule has 0 aromatic heterocycles. The van der Waals surface area contributed by atoms with E-state index in [-0.39, 0.29) is 0 Å². The van der Waals surface area contributed by atoms with Crippen LogP contribution < -0.4 is 4.90 Å². The van der Waals surface area contributed by atoms with Gasteiger partial charge in [0.25, 0.3) is 0 Å². The van der Waals surface area contributed by atoms with Gasteiger partial charge in [-0.2, -0.15) is 0 Å². The summed E-state index contributed by atoms with van der Waals surface area (Å²) in [6.07, 6.45) is 1.72. The van der Waals surface area contributed by atoms with Crippen molar-refractivity contribution in [3.63, 3.8) is 0 Å². The molecule has 23 heavy (non-hydrogen) atoms. The van der Waals surface area contributed by atoms with E-state index in [1.807, 2.05) is 24.3 Å². The molecule has 0 saturated heterocycles. The van der Waals surface area contributed by atoms with Gasteiger partial charge in [0.1, 0.15) is 11.6 Å². The van der Waals surface area contributed by atoms with E-state index in [0.717, 1.165) is 5.56 Å². The molecule has 3 aromatic carbocycles. The Bertz CT molecular complexity index is 780. The van der Waals surface area contributed by atoms with E-state index < -0.39 is 11.6 Å². The first-order chi connectivity index (χ1) is 11.2. The SMILES string of the molecule is C=Cc1ccc(N(c2ccccc2F)c2ccccc2F)cc1. The first kappa shape index (κ1) is 15.0. The predicted octanol–water partition coefficient (Wildman–Crippen LogP) is 6.08. The van der Waals surface area contributed by atoms with E-state index in [1.165, 1.54) is 12.1 Å². The maximum atomic E-state index is 14.3. The molecule has 3 rings (SSSR count). The molecular weight excluding hydrogens is 292 g/mol. The van der Waals surface area contributed by atoms with Crippen LogP contribution in [0.2, 0.25) is 0 Å². The molecule has 0 aliphatic heterocycles. The lowest BCUT2D eigenvalue weighted by atomic mass is 10.1. The van der Waals surface area contributed by atoms with Crippen LogP contribution in [0.3, 0.4) is 0 Å². The van der Waals surface area contributed by atoms with Crippen molar-refractivity contribution in [3.8, 4) is 0 Å². The van der Waals surface area contributed by atoms with Crippen LogP contribution in [0.1, 0.15) is 5.56 Å². The molecule has 1 nitrogen and oxygen atoms in total. The van der Waals surface area contributed by atoms with Crippen molar-refractivity contribution >= 4 is 23.1 Å². The second-order valence-electron chi connectivity index (χ2n) is 5.03. The zero-order chi connectivity index (χ0) is 16.2. The summed E-state index contributed by atoms with van der Waals surface area (Å²) in [6, 6.07) is 20.0. The third-order valence-electron chi connectivity index (χ3n) is 3.57. The van der Waals surface area contributed by atoms with Gasteiger partial charge >= 0.3 is 0 Å². The minimum Gasteiger partial charge on any atom is -0.305 e. The lowest BCUT2D eigenvalue weighted by Gasteiger charge is -2.26. The molecule has 0 spiro atoms. The van der Waals surface area contributed by atoms with E-state index in [1.54, 1.807) is 47.4 Å². The van der Waals surface area contributed by atoms with Crippen molar-refractivity contribution in [1.82, 2.24) is 0 Å². The quantitative estimate of drug-likeness (QED) is 0.565. The minimum absolute atomic E-state index is 0.295. The van der Waals surface area contributed by atoms with Gasteiger partial charge in [-0.25, -0.2) is 8.78 Å². The monoisotopic (exact) mass is 307 g/mol. The summed E-state index contributed by atoms with van der Waals surface area (Å²) in [6.45, 7) is 3.72. The van der Waals surface area contributed by atoms with Crippen molar-refractivity contribution in [2.45, 2.75) is 0 Å². The third-order valence-corrected chi connectivity index (χ3v) is 3.57. The number of hydrogen-bond donors (Lipinski definition) is 0. The number of nitrogens with zero attached hydrogens (tertiary/aromatic N) is 1. The Labute approximate surface area is 134 Å². The Balaban J connectivity index is 2.19. The average Bonchev–Trinajstić information content (AvgIpc) is 2.59. The van der Waals surface area contributed by atoms with E-state index in [9.17, 15) is 8.78 Å². The molecule has 0 bridgehead atoms. The van der Waals surface area contributed by atoms with Crippen molar-refractivity contribution in [3.05, 3.63) is 96.6 Å². The van der Waals surface area contributed by atoms with Crippen LogP contribution in [0.15, 0.2) is 79.4 Å². The minimum atomic E-state index is -0.413. The molecule has 0 radical (unpaired) electrons.